The molecule has 2 aromatic carbocycles. The molecular formula is C25H27F6N3O2. The van der Waals surface area contributed by atoms with Crippen molar-refractivity contribution in [1.82, 2.24) is 9.80 Å². The molecule has 2 aromatic rings. The van der Waals surface area contributed by atoms with Crippen LogP contribution in [0.25, 0.3) is 0 Å². The van der Waals surface area contributed by atoms with E-state index in [4.69, 9.17) is 5.73 Å². The first-order valence-electron chi connectivity index (χ1n) is 11.3. The van der Waals surface area contributed by atoms with Gasteiger partial charge in [0.2, 0.25) is 11.8 Å². The van der Waals surface area contributed by atoms with E-state index in [-0.39, 0.29) is 24.1 Å². The van der Waals surface area contributed by atoms with E-state index in [1.165, 1.54) is 7.05 Å². The van der Waals surface area contributed by atoms with Crippen molar-refractivity contribution in [1.29, 1.82) is 0 Å². The van der Waals surface area contributed by atoms with Crippen molar-refractivity contribution in [3.63, 3.8) is 0 Å². The number of benzene rings is 2. The van der Waals surface area contributed by atoms with Gasteiger partial charge in [0.05, 0.1) is 17.7 Å². The maximum absolute atomic E-state index is 13.5. The van der Waals surface area contributed by atoms with Crippen molar-refractivity contribution >= 4 is 11.8 Å². The van der Waals surface area contributed by atoms with Gasteiger partial charge in [-0.05, 0) is 54.8 Å². The zero-order valence-electron chi connectivity index (χ0n) is 19.8. The van der Waals surface area contributed by atoms with E-state index in [2.05, 4.69) is 0 Å². The van der Waals surface area contributed by atoms with Crippen molar-refractivity contribution in [2.75, 3.05) is 26.7 Å². The van der Waals surface area contributed by atoms with Crippen molar-refractivity contribution < 1.29 is 35.9 Å². The molecule has 0 aromatic heterocycles. The quantitative estimate of drug-likeness (QED) is 0.573. The Morgan fingerprint density at radius 2 is 1.61 bits per heavy atom. The Morgan fingerprint density at radius 1 is 1.03 bits per heavy atom. The van der Waals surface area contributed by atoms with Gasteiger partial charge in [-0.25, -0.2) is 0 Å². The lowest BCUT2D eigenvalue weighted by molar-refractivity contribution is -0.143. The van der Waals surface area contributed by atoms with Crippen LogP contribution in [0.1, 0.15) is 40.2 Å². The van der Waals surface area contributed by atoms with Crippen LogP contribution in [0.4, 0.5) is 26.3 Å². The van der Waals surface area contributed by atoms with Crippen LogP contribution in [0.15, 0.2) is 42.5 Å². The van der Waals surface area contributed by atoms with Gasteiger partial charge in [-0.1, -0.05) is 24.3 Å². The van der Waals surface area contributed by atoms with Gasteiger partial charge in [0.1, 0.15) is 0 Å². The first kappa shape index (κ1) is 27.5. The highest BCUT2D eigenvalue weighted by Crippen LogP contribution is 2.38. The molecule has 1 aliphatic heterocycles. The fourth-order valence-electron chi connectivity index (χ4n) is 4.74. The number of halogens is 6. The molecule has 0 aliphatic carbocycles. The minimum absolute atomic E-state index is 0.0174. The number of carbonyl (C=O) groups is 2. The standard InChI is InChI=1S/C25H27F6N3O2/c1-15-5-3-4-6-19(15)21-13-34(14-22(32)35)8-7-20(21)23(36)33(2)12-16-9-17(24(26,27)28)11-18(10-16)25(29,30)31/h3-6,9-11,20-21H,7-8,12-14H2,1-2H3,(H2,32,35). The summed E-state index contributed by atoms with van der Waals surface area (Å²) in [6.07, 6.45) is -9.59. The molecule has 0 radical (unpaired) electrons. The number of hydrogen-bond donors (Lipinski definition) is 1. The number of piperidine rings is 1. The largest absolute Gasteiger partial charge is 0.416 e. The molecule has 0 saturated carbocycles. The summed E-state index contributed by atoms with van der Waals surface area (Å²) in [5.41, 5.74) is 4.03. The van der Waals surface area contributed by atoms with Gasteiger partial charge in [-0.2, -0.15) is 26.3 Å². The molecule has 0 bridgehead atoms. The zero-order valence-corrected chi connectivity index (χ0v) is 19.8. The average molecular weight is 515 g/mol. The number of amides is 2. The van der Waals surface area contributed by atoms with Gasteiger partial charge in [-0.3, -0.25) is 14.5 Å². The molecule has 1 aliphatic rings. The van der Waals surface area contributed by atoms with Crippen LogP contribution < -0.4 is 5.73 Å². The van der Waals surface area contributed by atoms with Gasteiger partial charge in [0, 0.05) is 32.0 Å². The fraction of sp³-hybridized carbons (Fsp3) is 0.440. The average Bonchev–Trinajstić information content (AvgIpc) is 2.77. The Morgan fingerprint density at radius 3 is 2.14 bits per heavy atom. The maximum atomic E-state index is 13.5. The lowest BCUT2D eigenvalue weighted by atomic mass is 9.78. The second-order valence-corrected chi connectivity index (χ2v) is 9.17. The molecule has 1 heterocycles. The fourth-order valence-corrected chi connectivity index (χ4v) is 4.74. The summed E-state index contributed by atoms with van der Waals surface area (Å²) in [7, 11) is 1.36. The Labute approximate surface area is 204 Å². The number of likely N-dealkylation sites (tertiary alicyclic amines) is 1. The molecule has 2 N–H and O–H groups in total. The number of primary amides is 1. The van der Waals surface area contributed by atoms with Crippen LogP contribution in [0.5, 0.6) is 0 Å². The van der Waals surface area contributed by atoms with Gasteiger partial charge in [0.25, 0.3) is 0 Å². The van der Waals surface area contributed by atoms with Crippen LogP contribution in [-0.4, -0.2) is 48.3 Å². The summed E-state index contributed by atoms with van der Waals surface area (Å²) in [4.78, 5) is 27.9. The van der Waals surface area contributed by atoms with Crippen LogP contribution >= 0.6 is 0 Å². The maximum Gasteiger partial charge on any atom is 0.416 e. The molecule has 0 spiro atoms. The van der Waals surface area contributed by atoms with Crippen LogP contribution in [0.2, 0.25) is 0 Å². The third-order valence-corrected chi connectivity index (χ3v) is 6.42. The second kappa shape index (κ2) is 10.5. The monoisotopic (exact) mass is 515 g/mol. The summed E-state index contributed by atoms with van der Waals surface area (Å²) >= 11 is 0. The predicted octanol–water partition coefficient (Wildman–Crippen LogP) is 4.58. The summed E-state index contributed by atoms with van der Waals surface area (Å²) in [5, 5.41) is 0. The van der Waals surface area contributed by atoms with Crippen molar-refractivity contribution in [2.45, 2.75) is 38.2 Å². The number of hydrogen-bond acceptors (Lipinski definition) is 3. The van der Waals surface area contributed by atoms with E-state index in [0.717, 1.165) is 16.0 Å². The molecule has 2 amide bonds. The molecule has 2 unspecified atom stereocenters. The normalized spacial score (nSPS) is 19.2. The SMILES string of the molecule is Cc1ccccc1C1CN(CC(N)=O)CCC1C(=O)N(C)Cc1cc(C(F)(F)F)cc(C(F)(F)F)c1. The molecule has 196 valence electrons. The Bertz CT molecular complexity index is 1080. The lowest BCUT2D eigenvalue weighted by Gasteiger charge is -2.39. The topological polar surface area (TPSA) is 66.6 Å². The minimum atomic E-state index is -4.97. The third-order valence-electron chi connectivity index (χ3n) is 6.42. The summed E-state index contributed by atoms with van der Waals surface area (Å²) < 4.78 is 79.4. The molecule has 11 heteroatoms. The number of nitrogens with zero attached hydrogens (tertiary/aromatic N) is 2. The van der Waals surface area contributed by atoms with E-state index < -0.39 is 47.8 Å². The molecule has 5 nitrogen and oxygen atoms in total. The van der Waals surface area contributed by atoms with E-state index >= 15 is 0 Å². The van der Waals surface area contributed by atoms with E-state index in [1.54, 1.807) is 0 Å². The van der Waals surface area contributed by atoms with E-state index in [0.29, 0.717) is 31.6 Å². The highest BCUT2D eigenvalue weighted by molar-refractivity contribution is 5.80. The molecule has 1 fully saturated rings. The zero-order chi connectivity index (χ0) is 26.8. The molecule has 3 rings (SSSR count). The van der Waals surface area contributed by atoms with Gasteiger partial charge in [-0.15, -0.1) is 0 Å². The first-order valence-corrected chi connectivity index (χ1v) is 11.3. The van der Waals surface area contributed by atoms with Crippen molar-refractivity contribution in [2.24, 2.45) is 11.7 Å². The summed E-state index contributed by atoms with van der Waals surface area (Å²) in [5.74, 6) is -1.81. The van der Waals surface area contributed by atoms with Crippen LogP contribution in [0, 0.1) is 12.8 Å². The predicted molar refractivity (Wildman–Crippen MR) is 121 cm³/mol. The lowest BCUT2D eigenvalue weighted by Crippen LogP contribution is -2.48. The van der Waals surface area contributed by atoms with Gasteiger partial charge in [0.15, 0.2) is 0 Å². The van der Waals surface area contributed by atoms with Crippen molar-refractivity contribution in [3.8, 4) is 0 Å². The second-order valence-electron chi connectivity index (χ2n) is 9.17. The number of aryl methyl sites for hydroxylation is 1. The molecule has 1 saturated heterocycles. The third kappa shape index (κ3) is 6.57. The Kier molecular flexibility index (Phi) is 8.02. The Balaban J connectivity index is 1.89. The molecule has 2 atom stereocenters. The smallest absolute Gasteiger partial charge is 0.369 e. The summed E-state index contributed by atoms with van der Waals surface area (Å²) in [6, 6.07) is 8.75. The van der Waals surface area contributed by atoms with Gasteiger partial charge >= 0.3 is 12.4 Å². The number of rotatable bonds is 6. The number of carbonyl (C=O) groups excluding carboxylic acids is 2. The first-order chi connectivity index (χ1) is 16.7. The van der Waals surface area contributed by atoms with Gasteiger partial charge < -0.3 is 10.6 Å². The molecular weight excluding hydrogens is 488 g/mol. The number of nitrogens with two attached hydrogens (primary N) is 1. The molecule has 36 heavy (non-hydrogen) atoms. The van der Waals surface area contributed by atoms with E-state index in [1.807, 2.05) is 36.1 Å². The highest BCUT2D eigenvalue weighted by atomic mass is 19.4. The van der Waals surface area contributed by atoms with Crippen molar-refractivity contribution in [3.05, 3.63) is 70.3 Å². The van der Waals surface area contributed by atoms with E-state index in [9.17, 15) is 35.9 Å². The van der Waals surface area contributed by atoms with Crippen LogP contribution in [0.3, 0.4) is 0 Å². The van der Waals surface area contributed by atoms with Crippen LogP contribution in [-0.2, 0) is 28.5 Å². The highest BCUT2D eigenvalue weighted by Gasteiger charge is 2.39. The minimum Gasteiger partial charge on any atom is -0.369 e. The number of alkyl halides is 6. The Hall–Kier alpha value is -3.08. The summed E-state index contributed by atoms with van der Waals surface area (Å²) in [6.45, 7) is 2.24.